The zero-order valence-corrected chi connectivity index (χ0v) is 10.8. The summed E-state index contributed by atoms with van der Waals surface area (Å²) < 4.78 is 5.32. The second kappa shape index (κ2) is 6.42. The van der Waals surface area contributed by atoms with Crippen LogP contribution in [0.4, 0.5) is 0 Å². The van der Waals surface area contributed by atoms with Crippen molar-refractivity contribution in [3.05, 3.63) is 42.1 Å². The van der Waals surface area contributed by atoms with Crippen LogP contribution in [-0.2, 0) is 6.42 Å². The van der Waals surface area contributed by atoms with Gasteiger partial charge in [0.05, 0.1) is 5.69 Å². The lowest BCUT2D eigenvalue weighted by Gasteiger charge is -2.05. The van der Waals surface area contributed by atoms with Crippen molar-refractivity contribution in [3.8, 4) is 11.3 Å². The zero-order valence-electron chi connectivity index (χ0n) is 10.0. The summed E-state index contributed by atoms with van der Waals surface area (Å²) in [4.78, 5) is 0. The van der Waals surface area contributed by atoms with Crippen molar-refractivity contribution in [3.63, 3.8) is 0 Å². The summed E-state index contributed by atoms with van der Waals surface area (Å²) in [5, 5.41) is 7.25. The Morgan fingerprint density at radius 2 is 2.00 bits per heavy atom. The summed E-state index contributed by atoms with van der Waals surface area (Å²) >= 11 is 0. The summed E-state index contributed by atoms with van der Waals surface area (Å²) in [5.41, 5.74) is 2.05. The highest BCUT2D eigenvalue weighted by Gasteiger charge is 2.08. The zero-order chi connectivity index (χ0) is 11.4. The molecule has 0 aliphatic carbocycles. The highest BCUT2D eigenvalue weighted by Crippen LogP contribution is 2.20. The molecule has 0 bridgehead atoms. The van der Waals surface area contributed by atoms with Crippen LogP contribution in [0.15, 0.2) is 40.9 Å². The van der Waals surface area contributed by atoms with Crippen LogP contribution < -0.4 is 5.32 Å². The molecule has 2 rings (SSSR count). The first-order valence-corrected chi connectivity index (χ1v) is 5.48. The van der Waals surface area contributed by atoms with Crippen molar-refractivity contribution < 1.29 is 4.52 Å². The third-order valence-corrected chi connectivity index (χ3v) is 2.63. The first-order chi connectivity index (χ1) is 7.79. The number of benzene rings is 1. The van der Waals surface area contributed by atoms with Gasteiger partial charge in [-0.3, -0.25) is 0 Å². The number of hydrogen-bond donors (Lipinski definition) is 1. The maximum Gasteiger partial charge on any atom is 0.167 e. The lowest BCUT2D eigenvalue weighted by molar-refractivity contribution is 0.419. The van der Waals surface area contributed by atoms with Crippen LogP contribution in [0, 0.1) is 0 Å². The fourth-order valence-corrected chi connectivity index (χ4v) is 1.56. The minimum Gasteiger partial charge on any atom is -0.356 e. The first-order valence-electron chi connectivity index (χ1n) is 5.48. The highest BCUT2D eigenvalue weighted by molar-refractivity contribution is 5.85. The lowest BCUT2D eigenvalue weighted by Crippen LogP contribution is -2.23. The second-order valence-corrected chi connectivity index (χ2v) is 3.94. The van der Waals surface area contributed by atoms with E-state index in [1.165, 1.54) is 0 Å². The second-order valence-electron chi connectivity index (χ2n) is 3.94. The maximum atomic E-state index is 5.32. The molecule has 0 fully saturated rings. The number of hydrogen-bond acceptors (Lipinski definition) is 3. The van der Waals surface area contributed by atoms with Gasteiger partial charge in [-0.25, -0.2) is 0 Å². The summed E-state index contributed by atoms with van der Waals surface area (Å²) in [6.45, 7) is 2.12. The quantitative estimate of drug-likeness (QED) is 0.909. The van der Waals surface area contributed by atoms with E-state index in [1.807, 2.05) is 43.4 Å². The average Bonchev–Trinajstić information content (AvgIpc) is 2.78. The monoisotopic (exact) mass is 252 g/mol. The van der Waals surface area contributed by atoms with E-state index in [1.54, 1.807) is 0 Å². The Hall–Kier alpha value is -1.32. The van der Waals surface area contributed by atoms with Crippen LogP contribution in [-0.4, -0.2) is 18.2 Å². The smallest absolute Gasteiger partial charge is 0.167 e. The van der Waals surface area contributed by atoms with Gasteiger partial charge in [0.25, 0.3) is 0 Å². The number of likely N-dealkylation sites (N-methyl/N-ethyl adjacent to an activating group) is 1. The van der Waals surface area contributed by atoms with Crippen molar-refractivity contribution >= 4 is 12.4 Å². The van der Waals surface area contributed by atoms with Gasteiger partial charge in [-0.15, -0.1) is 12.4 Å². The van der Waals surface area contributed by atoms with E-state index in [2.05, 4.69) is 17.4 Å². The molecule has 0 aliphatic rings. The molecule has 92 valence electrons. The first kappa shape index (κ1) is 13.7. The fourth-order valence-electron chi connectivity index (χ4n) is 1.56. The van der Waals surface area contributed by atoms with Gasteiger partial charge in [0.1, 0.15) is 0 Å². The highest BCUT2D eigenvalue weighted by atomic mass is 35.5. The standard InChI is InChI=1S/C13H16N2O.ClH/c1-10(14-2)8-12-9-13(16-15-12)11-6-4-3-5-7-11;/h3-7,9-10,14H,8H2,1-2H3;1H. The van der Waals surface area contributed by atoms with Crippen LogP contribution in [0.3, 0.4) is 0 Å². The van der Waals surface area contributed by atoms with Gasteiger partial charge in [0, 0.05) is 24.1 Å². The normalized spacial score (nSPS) is 11.9. The van der Waals surface area contributed by atoms with Gasteiger partial charge >= 0.3 is 0 Å². The van der Waals surface area contributed by atoms with Crippen LogP contribution in [0.25, 0.3) is 11.3 Å². The predicted octanol–water partition coefficient (Wildman–Crippen LogP) is 2.91. The Kier molecular flexibility index (Phi) is 5.19. The summed E-state index contributed by atoms with van der Waals surface area (Å²) in [6.07, 6.45) is 0.882. The van der Waals surface area contributed by atoms with Gasteiger partial charge in [-0.2, -0.15) is 0 Å². The summed E-state index contributed by atoms with van der Waals surface area (Å²) in [5.74, 6) is 0.832. The van der Waals surface area contributed by atoms with Gasteiger partial charge in [0.2, 0.25) is 0 Å². The number of nitrogens with one attached hydrogen (secondary N) is 1. The number of rotatable bonds is 4. The molecular weight excluding hydrogens is 236 g/mol. The van der Waals surface area contributed by atoms with Crippen LogP contribution >= 0.6 is 12.4 Å². The molecule has 0 saturated heterocycles. The molecule has 0 saturated carbocycles. The van der Waals surface area contributed by atoms with Crippen molar-refractivity contribution in [2.24, 2.45) is 0 Å². The van der Waals surface area contributed by atoms with Gasteiger partial charge < -0.3 is 9.84 Å². The average molecular weight is 253 g/mol. The van der Waals surface area contributed by atoms with Crippen molar-refractivity contribution in [2.75, 3.05) is 7.05 Å². The van der Waals surface area contributed by atoms with E-state index in [9.17, 15) is 0 Å². The predicted molar refractivity (Wildman–Crippen MR) is 71.4 cm³/mol. The molecule has 0 radical (unpaired) electrons. The lowest BCUT2D eigenvalue weighted by atomic mass is 10.1. The van der Waals surface area contributed by atoms with Crippen molar-refractivity contribution in [1.29, 1.82) is 0 Å². The molecule has 2 aromatic rings. The van der Waals surface area contributed by atoms with E-state index in [4.69, 9.17) is 4.52 Å². The van der Waals surface area contributed by atoms with E-state index >= 15 is 0 Å². The Morgan fingerprint density at radius 3 is 2.65 bits per heavy atom. The Morgan fingerprint density at radius 1 is 1.29 bits per heavy atom. The Balaban J connectivity index is 0.00000144. The van der Waals surface area contributed by atoms with Crippen LogP contribution in [0.5, 0.6) is 0 Å². The number of nitrogens with zero attached hydrogens (tertiary/aromatic N) is 1. The molecule has 0 amide bonds. The van der Waals surface area contributed by atoms with E-state index in [0.29, 0.717) is 6.04 Å². The molecule has 4 heteroatoms. The van der Waals surface area contributed by atoms with Crippen molar-refractivity contribution in [1.82, 2.24) is 10.5 Å². The fraction of sp³-hybridized carbons (Fsp3) is 0.308. The molecular formula is C13H17ClN2O. The SMILES string of the molecule is CNC(C)Cc1cc(-c2ccccc2)on1.Cl. The van der Waals surface area contributed by atoms with Gasteiger partial charge in [-0.05, 0) is 14.0 Å². The molecule has 1 atom stereocenters. The molecule has 1 heterocycles. The number of halogens is 1. The van der Waals surface area contributed by atoms with E-state index < -0.39 is 0 Å². The third-order valence-electron chi connectivity index (χ3n) is 2.63. The molecule has 1 unspecified atom stereocenters. The molecule has 0 spiro atoms. The molecule has 17 heavy (non-hydrogen) atoms. The summed E-state index contributed by atoms with van der Waals surface area (Å²) in [7, 11) is 1.95. The topological polar surface area (TPSA) is 38.1 Å². The van der Waals surface area contributed by atoms with Crippen LogP contribution in [0.1, 0.15) is 12.6 Å². The van der Waals surface area contributed by atoms with E-state index in [-0.39, 0.29) is 12.4 Å². The maximum absolute atomic E-state index is 5.32. The molecule has 3 nitrogen and oxygen atoms in total. The number of aromatic nitrogens is 1. The Labute approximate surface area is 108 Å². The Bertz CT molecular complexity index is 442. The van der Waals surface area contributed by atoms with E-state index in [0.717, 1.165) is 23.4 Å². The van der Waals surface area contributed by atoms with Gasteiger partial charge in [-0.1, -0.05) is 35.5 Å². The molecule has 0 aliphatic heterocycles. The van der Waals surface area contributed by atoms with Gasteiger partial charge in [0.15, 0.2) is 5.76 Å². The molecule has 1 aromatic carbocycles. The molecule has 1 aromatic heterocycles. The minimum absolute atomic E-state index is 0. The van der Waals surface area contributed by atoms with Crippen LogP contribution in [0.2, 0.25) is 0 Å². The molecule has 1 N–H and O–H groups in total. The summed E-state index contributed by atoms with van der Waals surface area (Å²) in [6, 6.07) is 12.4. The van der Waals surface area contributed by atoms with Crippen molar-refractivity contribution in [2.45, 2.75) is 19.4 Å². The minimum atomic E-state index is 0. The largest absolute Gasteiger partial charge is 0.356 e. The third kappa shape index (κ3) is 3.58.